The molecule has 3 fully saturated rings. The molecule has 28 nitrogen and oxygen atoms in total. The third-order valence-electron chi connectivity index (χ3n) is 15.7. The molecule has 1 aromatic heterocycles. The SMILES string of the molecule is COCCOc1ccc(-c2ccc(-c3nnc(-c4ccc(C(=O)NC5C[C@@H](O)CNC(=O)[C@@H]6[C@@H](O)[C@@H](C)CN6C(=O)[C@H]([C@H](O)CCN)NC(=O)[C@H]([C@H](O)Cc6ccc(O)c(OCCN)c6)NC(=O)[C@@H]6C[C@@H](O)CN6C(=O)[C@H]([C@@H](C)O)NC5=O)cc4)s3)cc2)cc1. The number of nitrogens with one attached hydrogen (secondary N) is 5. The molecule has 3 aliphatic heterocycles. The number of β-amino-alcohol motifs (C(OH)–C–C–N with tert-alkyl or cyclic N) is 1. The second-order valence-corrected chi connectivity index (χ2v) is 23.4. The van der Waals surface area contributed by atoms with Crippen LogP contribution in [-0.2, 0) is 39.9 Å². The summed E-state index contributed by atoms with van der Waals surface area (Å²) in [6.07, 6.45) is -11.9. The van der Waals surface area contributed by atoms with E-state index in [-0.39, 0.29) is 55.3 Å². The van der Waals surface area contributed by atoms with Gasteiger partial charge >= 0.3 is 0 Å². The number of ether oxygens (including phenoxy) is 3. The highest BCUT2D eigenvalue weighted by Crippen LogP contribution is 2.33. The van der Waals surface area contributed by atoms with Crippen LogP contribution < -0.4 is 47.5 Å². The Bertz CT molecular complexity index is 3310. The fourth-order valence-corrected chi connectivity index (χ4v) is 11.7. The van der Waals surface area contributed by atoms with Gasteiger partial charge in [0.2, 0.25) is 35.4 Å². The lowest BCUT2D eigenvalue weighted by Gasteiger charge is -2.34. The van der Waals surface area contributed by atoms with Gasteiger partial charge in [-0.05, 0) is 73.0 Å². The largest absolute Gasteiger partial charge is 0.504 e. The minimum atomic E-state index is -2.05. The first kappa shape index (κ1) is 67.7. The average Bonchev–Trinajstić information content (AvgIpc) is 1.88. The van der Waals surface area contributed by atoms with Gasteiger partial charge in [0.25, 0.3) is 5.91 Å². The van der Waals surface area contributed by atoms with E-state index >= 15 is 0 Å². The molecule has 16 N–H and O–H groups in total. The van der Waals surface area contributed by atoms with Gasteiger partial charge in [-0.15, -0.1) is 10.2 Å². The van der Waals surface area contributed by atoms with Gasteiger partial charge in [-0.3, -0.25) is 33.6 Å². The zero-order chi connectivity index (χ0) is 64.9. The molecule has 90 heavy (non-hydrogen) atoms. The predicted molar refractivity (Wildman–Crippen MR) is 325 cm³/mol. The number of phenolic OH excluding ortho intramolecular Hbond substituents is 1. The summed E-state index contributed by atoms with van der Waals surface area (Å²) in [5.41, 5.74) is 15.0. The number of aromatic hydroxyl groups is 1. The van der Waals surface area contributed by atoms with E-state index in [1.54, 1.807) is 19.2 Å². The van der Waals surface area contributed by atoms with Crippen molar-refractivity contribution in [2.45, 2.75) is 112 Å². The predicted octanol–water partition coefficient (Wildman–Crippen LogP) is -2.10. The lowest BCUT2D eigenvalue weighted by atomic mass is 9.98. The summed E-state index contributed by atoms with van der Waals surface area (Å²) in [5, 5.41) is 101. The van der Waals surface area contributed by atoms with Gasteiger partial charge in [0.15, 0.2) is 11.5 Å². The quantitative estimate of drug-likeness (QED) is 0.0394. The lowest BCUT2D eigenvalue weighted by molar-refractivity contribution is -0.147. The maximum atomic E-state index is 14.7. The third-order valence-corrected chi connectivity index (χ3v) is 16.8. The van der Waals surface area contributed by atoms with E-state index in [1.807, 2.05) is 48.5 Å². The standard InChI is InChI=1S/C61H77N11O17S/c1-31-29-72-51(52(31)79)57(84)64-28-39(74)26-42(65-53(80)36-7-11-38(12-8-36)59-70-69-58(90-59)37-9-5-34(6-10-37)35-13-15-41(16-14-35)88-23-22-87-3)54(81)66-48(32(2)73)60(85)71-30-40(75)27-43(71)55(82)67-49(56(83)68-50(61(72)86)45(77)18-19-62)46(78)24-33-4-17-44(76)47(25-33)89-21-20-63/h4-17,25,31-32,39-40,42-43,45-46,48-52,73-79H,18-24,26-30,62-63H2,1-3H3,(H,64,84)(H,65,80)(H,66,81)(H,67,82)(H,68,83)/t31-,32+,39+,40+,42?,43-,45+,46+,48-,49-,50-,51-,52-/m0/s1. The Labute approximate surface area is 521 Å². The first-order valence-electron chi connectivity index (χ1n) is 29.4. The summed E-state index contributed by atoms with van der Waals surface area (Å²) < 4.78 is 16.2. The molecule has 13 atom stereocenters. The highest BCUT2D eigenvalue weighted by atomic mass is 32.1. The summed E-state index contributed by atoms with van der Waals surface area (Å²) in [6.45, 7) is 1.94. The summed E-state index contributed by atoms with van der Waals surface area (Å²) in [7, 11) is 1.61. The van der Waals surface area contributed by atoms with Gasteiger partial charge in [-0.25, -0.2) is 0 Å². The van der Waals surface area contributed by atoms with Crippen LogP contribution in [0, 0.1) is 5.92 Å². The number of nitrogens with zero attached hydrogens (tertiary/aromatic N) is 4. The molecule has 3 saturated heterocycles. The second-order valence-electron chi connectivity index (χ2n) is 22.4. The first-order valence-corrected chi connectivity index (χ1v) is 30.2. The summed E-state index contributed by atoms with van der Waals surface area (Å²) in [4.78, 5) is 103. The normalized spacial score (nSPS) is 24.9. The smallest absolute Gasteiger partial charge is 0.251 e. The van der Waals surface area contributed by atoms with E-state index in [4.69, 9.17) is 25.7 Å². The average molecular weight is 1270 g/mol. The Morgan fingerprint density at radius 3 is 1.93 bits per heavy atom. The third kappa shape index (κ3) is 16.6. The van der Waals surface area contributed by atoms with Crippen LogP contribution in [0.25, 0.3) is 32.3 Å². The molecule has 0 aliphatic carbocycles. The van der Waals surface area contributed by atoms with Crippen LogP contribution in [0.4, 0.5) is 0 Å². The van der Waals surface area contributed by atoms with Gasteiger partial charge < -0.3 is 97.8 Å². The number of amides is 7. The van der Waals surface area contributed by atoms with Crippen molar-refractivity contribution in [1.29, 1.82) is 0 Å². The number of aliphatic hydroxyl groups is 6. The van der Waals surface area contributed by atoms with Gasteiger partial charge in [0.05, 0.1) is 43.2 Å². The number of carbonyl (C=O) groups is 7. The lowest BCUT2D eigenvalue weighted by Crippen LogP contribution is -2.64. The van der Waals surface area contributed by atoms with Crippen LogP contribution in [0.15, 0.2) is 91.0 Å². The van der Waals surface area contributed by atoms with Crippen molar-refractivity contribution < 1.29 is 83.5 Å². The molecule has 4 heterocycles. The van der Waals surface area contributed by atoms with E-state index in [9.17, 15) is 69.3 Å². The Hall–Kier alpha value is -8.23. The van der Waals surface area contributed by atoms with E-state index < -0.39 is 152 Å². The van der Waals surface area contributed by atoms with Crippen LogP contribution in [0.2, 0.25) is 0 Å². The molecule has 7 amide bonds. The van der Waals surface area contributed by atoms with Crippen molar-refractivity contribution >= 4 is 52.7 Å². The molecule has 8 rings (SSSR count). The minimum Gasteiger partial charge on any atom is -0.504 e. The minimum absolute atomic E-state index is 0.00759. The van der Waals surface area contributed by atoms with E-state index in [0.29, 0.717) is 28.8 Å². The molecule has 484 valence electrons. The monoisotopic (exact) mass is 1270 g/mol. The van der Waals surface area contributed by atoms with Crippen LogP contribution in [0.3, 0.4) is 0 Å². The Morgan fingerprint density at radius 2 is 1.30 bits per heavy atom. The highest BCUT2D eigenvalue weighted by molar-refractivity contribution is 7.17. The zero-order valence-electron chi connectivity index (χ0n) is 49.7. The number of nitrogens with two attached hydrogens (primary N) is 2. The van der Waals surface area contributed by atoms with E-state index in [0.717, 1.165) is 39.2 Å². The first-order chi connectivity index (χ1) is 43.1. The van der Waals surface area contributed by atoms with Crippen LogP contribution in [-0.4, -0.2) is 230 Å². The number of rotatable bonds is 19. The number of phenols is 1. The van der Waals surface area contributed by atoms with Gasteiger partial charge in [0, 0.05) is 75.2 Å². The number of hydrogen-bond donors (Lipinski definition) is 14. The van der Waals surface area contributed by atoms with Crippen molar-refractivity contribution in [2.75, 3.05) is 59.7 Å². The van der Waals surface area contributed by atoms with E-state index in [1.165, 1.54) is 48.6 Å². The van der Waals surface area contributed by atoms with Gasteiger partial charge in [-0.1, -0.05) is 72.9 Å². The van der Waals surface area contributed by atoms with Crippen molar-refractivity contribution in [3.8, 4) is 49.5 Å². The zero-order valence-corrected chi connectivity index (χ0v) is 50.5. The molecular formula is C61H77N11O17S. The van der Waals surface area contributed by atoms with Crippen molar-refractivity contribution in [3.63, 3.8) is 0 Å². The maximum absolute atomic E-state index is 14.7. The number of hydrogen-bond acceptors (Lipinski definition) is 22. The van der Waals surface area contributed by atoms with Crippen molar-refractivity contribution in [1.82, 2.24) is 46.6 Å². The fraction of sp³-hybridized carbons (Fsp3) is 0.459. The van der Waals surface area contributed by atoms with Gasteiger partial charge in [-0.2, -0.15) is 0 Å². The van der Waals surface area contributed by atoms with Crippen LogP contribution >= 0.6 is 11.3 Å². The number of methoxy groups -OCH3 is 1. The molecule has 4 aromatic carbocycles. The molecule has 29 heteroatoms. The molecule has 0 spiro atoms. The molecule has 0 bridgehead atoms. The molecule has 5 aromatic rings. The van der Waals surface area contributed by atoms with Crippen molar-refractivity contribution in [2.24, 2.45) is 17.4 Å². The number of aliphatic hydroxyl groups excluding tert-OH is 6. The summed E-state index contributed by atoms with van der Waals surface area (Å²) in [6, 6.07) is 14.6. The van der Waals surface area contributed by atoms with Crippen LogP contribution in [0.5, 0.6) is 17.2 Å². The molecular weight excluding hydrogens is 1190 g/mol. The Morgan fingerprint density at radius 1 is 0.689 bits per heavy atom. The molecule has 0 radical (unpaired) electrons. The van der Waals surface area contributed by atoms with E-state index in [2.05, 4.69) is 36.8 Å². The number of carbonyl (C=O) groups excluding carboxylic acids is 7. The van der Waals surface area contributed by atoms with Crippen LogP contribution in [0.1, 0.15) is 49.0 Å². The summed E-state index contributed by atoms with van der Waals surface area (Å²) in [5.74, 6) is -7.98. The fourth-order valence-electron chi connectivity index (χ4n) is 10.8. The number of benzene rings is 4. The number of aromatic nitrogens is 2. The highest BCUT2D eigenvalue weighted by Gasteiger charge is 2.50. The molecule has 3 aliphatic rings. The Balaban J connectivity index is 1.06. The maximum Gasteiger partial charge on any atom is 0.251 e. The second kappa shape index (κ2) is 31.0. The summed E-state index contributed by atoms with van der Waals surface area (Å²) >= 11 is 1.30. The number of fused-ring (bicyclic) bond motifs is 2. The van der Waals surface area contributed by atoms with Gasteiger partial charge in [0.1, 0.15) is 65.2 Å². The topological polar surface area (TPSA) is 433 Å². The van der Waals surface area contributed by atoms with Crippen molar-refractivity contribution in [3.05, 3.63) is 102 Å². The molecule has 1 unspecified atom stereocenters. The molecule has 0 saturated carbocycles. The Kier molecular flexibility index (Phi) is 23.3.